The van der Waals surface area contributed by atoms with Crippen LogP contribution in [0.15, 0.2) is 30.3 Å². The molecule has 0 bridgehead atoms. The Labute approximate surface area is 99.0 Å². The van der Waals surface area contributed by atoms with Gasteiger partial charge in [-0.2, -0.15) is 0 Å². The highest BCUT2D eigenvalue weighted by Gasteiger charge is 2.18. The number of esters is 2. The van der Waals surface area contributed by atoms with E-state index in [1.165, 1.54) is 6.92 Å². The largest absolute Gasteiger partial charge is 0.458 e. The summed E-state index contributed by atoms with van der Waals surface area (Å²) in [5.74, 6) is -1.50. The van der Waals surface area contributed by atoms with Gasteiger partial charge in [-0.1, -0.05) is 30.3 Å². The monoisotopic (exact) mass is 238 g/mol. The lowest BCUT2D eigenvalue weighted by molar-refractivity contribution is -0.168. The third kappa shape index (κ3) is 4.65. The molecule has 0 aliphatic heterocycles. The van der Waals surface area contributed by atoms with Crippen molar-refractivity contribution in [1.82, 2.24) is 0 Å². The zero-order valence-corrected chi connectivity index (χ0v) is 9.46. The summed E-state index contributed by atoms with van der Waals surface area (Å²) in [5, 5.41) is 8.45. The van der Waals surface area contributed by atoms with Crippen molar-refractivity contribution in [3.05, 3.63) is 35.9 Å². The lowest BCUT2D eigenvalue weighted by atomic mass is 10.2. The highest BCUT2D eigenvalue weighted by molar-refractivity contribution is 5.79. The van der Waals surface area contributed by atoms with Crippen LogP contribution in [0.2, 0.25) is 0 Å². The average molecular weight is 238 g/mol. The first kappa shape index (κ1) is 13.2. The van der Waals surface area contributed by atoms with Gasteiger partial charge in [-0.15, -0.1) is 0 Å². The summed E-state index contributed by atoms with van der Waals surface area (Å²) < 4.78 is 9.52. The molecule has 0 saturated heterocycles. The van der Waals surface area contributed by atoms with Crippen molar-refractivity contribution in [1.29, 1.82) is 0 Å². The van der Waals surface area contributed by atoms with E-state index in [0.29, 0.717) is 0 Å². The van der Waals surface area contributed by atoms with Crippen LogP contribution in [0.1, 0.15) is 12.5 Å². The normalized spacial score (nSPS) is 11.6. The zero-order chi connectivity index (χ0) is 12.7. The van der Waals surface area contributed by atoms with Crippen LogP contribution in [0.25, 0.3) is 0 Å². The lowest BCUT2D eigenvalue weighted by Crippen LogP contribution is -2.27. The first-order valence-electron chi connectivity index (χ1n) is 5.14. The van der Waals surface area contributed by atoms with Crippen molar-refractivity contribution < 1.29 is 24.2 Å². The molecule has 0 fully saturated rings. The van der Waals surface area contributed by atoms with Crippen LogP contribution in [-0.4, -0.2) is 29.8 Å². The van der Waals surface area contributed by atoms with E-state index in [9.17, 15) is 9.59 Å². The fourth-order valence-electron chi connectivity index (χ4n) is 1.13. The molecule has 1 atom stereocenters. The minimum atomic E-state index is -1.02. The van der Waals surface area contributed by atoms with Gasteiger partial charge in [0.2, 0.25) is 0 Å². The maximum Gasteiger partial charge on any atom is 0.347 e. The third-order valence-electron chi connectivity index (χ3n) is 1.99. The summed E-state index contributed by atoms with van der Waals surface area (Å²) in [5.41, 5.74) is 0.849. The Bertz CT molecular complexity index is 374. The number of benzene rings is 1. The Morgan fingerprint density at radius 1 is 1.29 bits per heavy atom. The fourth-order valence-corrected chi connectivity index (χ4v) is 1.13. The van der Waals surface area contributed by atoms with E-state index < -0.39 is 24.6 Å². The number of carbonyl (C=O) groups excluding carboxylic acids is 2. The van der Waals surface area contributed by atoms with Crippen LogP contribution in [-0.2, 0) is 25.7 Å². The first-order valence-corrected chi connectivity index (χ1v) is 5.14. The zero-order valence-electron chi connectivity index (χ0n) is 9.46. The Hall–Kier alpha value is -1.88. The van der Waals surface area contributed by atoms with Gasteiger partial charge in [0.05, 0.1) is 0 Å². The van der Waals surface area contributed by atoms with Crippen molar-refractivity contribution >= 4 is 11.9 Å². The quantitative estimate of drug-likeness (QED) is 0.762. The van der Waals surface area contributed by atoms with Crippen LogP contribution in [0, 0.1) is 0 Å². The molecule has 0 heterocycles. The number of rotatable bonds is 5. The van der Waals surface area contributed by atoms with E-state index in [0.717, 1.165) is 5.56 Å². The maximum atomic E-state index is 11.4. The van der Waals surface area contributed by atoms with Crippen LogP contribution in [0.3, 0.4) is 0 Å². The summed E-state index contributed by atoms with van der Waals surface area (Å²) in [6.45, 7) is 0.762. The van der Waals surface area contributed by atoms with Gasteiger partial charge >= 0.3 is 11.9 Å². The molecule has 1 aromatic carbocycles. The van der Waals surface area contributed by atoms with Crippen LogP contribution in [0.4, 0.5) is 0 Å². The SMILES string of the molecule is C[C@@H](OC(=O)CO)C(=O)OCc1ccccc1. The second-order valence-corrected chi connectivity index (χ2v) is 3.38. The molecular formula is C12H14O5. The molecule has 0 aliphatic rings. The van der Waals surface area contributed by atoms with E-state index >= 15 is 0 Å². The van der Waals surface area contributed by atoms with Crippen LogP contribution in [0.5, 0.6) is 0 Å². The van der Waals surface area contributed by atoms with Crippen molar-refractivity contribution in [2.45, 2.75) is 19.6 Å². The second kappa shape index (κ2) is 6.65. The number of hydrogen-bond acceptors (Lipinski definition) is 5. The molecule has 5 nitrogen and oxygen atoms in total. The van der Waals surface area contributed by atoms with Gasteiger partial charge in [0, 0.05) is 0 Å². The number of aliphatic hydroxyl groups excluding tert-OH is 1. The number of carbonyl (C=O) groups is 2. The molecule has 0 radical (unpaired) electrons. The standard InChI is InChI=1S/C12H14O5/c1-9(17-11(14)7-13)12(15)16-8-10-5-3-2-4-6-10/h2-6,9,13H,7-8H2,1H3/t9-/m1/s1. The van der Waals surface area contributed by atoms with Crippen molar-refractivity contribution in [2.24, 2.45) is 0 Å². The van der Waals surface area contributed by atoms with Crippen LogP contribution < -0.4 is 0 Å². The van der Waals surface area contributed by atoms with Gasteiger partial charge in [-0.25, -0.2) is 9.59 Å². The summed E-state index contributed by atoms with van der Waals surface area (Å²) >= 11 is 0. The van der Waals surface area contributed by atoms with E-state index in [2.05, 4.69) is 4.74 Å². The van der Waals surface area contributed by atoms with Gasteiger partial charge in [-0.05, 0) is 12.5 Å². The van der Waals surface area contributed by atoms with E-state index in [1.54, 1.807) is 0 Å². The van der Waals surface area contributed by atoms with Gasteiger partial charge in [-0.3, -0.25) is 0 Å². The minimum Gasteiger partial charge on any atom is -0.458 e. The molecular weight excluding hydrogens is 224 g/mol. The summed E-state index contributed by atoms with van der Waals surface area (Å²) in [4.78, 5) is 22.1. The Balaban J connectivity index is 2.37. The number of ether oxygens (including phenoxy) is 2. The van der Waals surface area contributed by atoms with Crippen molar-refractivity contribution in [2.75, 3.05) is 6.61 Å². The van der Waals surface area contributed by atoms with E-state index in [1.807, 2.05) is 30.3 Å². The maximum absolute atomic E-state index is 11.4. The smallest absolute Gasteiger partial charge is 0.347 e. The predicted octanol–water partition coefficient (Wildman–Crippen LogP) is 0.654. The summed E-state index contributed by atoms with van der Waals surface area (Å²) in [6, 6.07) is 9.16. The molecule has 1 aromatic rings. The first-order chi connectivity index (χ1) is 8.13. The number of aliphatic hydroxyl groups is 1. The highest BCUT2D eigenvalue weighted by atomic mass is 16.6. The molecule has 0 spiro atoms. The topological polar surface area (TPSA) is 72.8 Å². The molecule has 1 N–H and O–H groups in total. The van der Waals surface area contributed by atoms with Gasteiger partial charge < -0.3 is 14.6 Å². The Morgan fingerprint density at radius 2 is 1.94 bits per heavy atom. The summed E-state index contributed by atoms with van der Waals surface area (Å²) in [7, 11) is 0. The number of hydrogen-bond donors (Lipinski definition) is 1. The molecule has 1 rings (SSSR count). The fraction of sp³-hybridized carbons (Fsp3) is 0.333. The molecule has 92 valence electrons. The van der Waals surface area contributed by atoms with Crippen molar-refractivity contribution in [3.8, 4) is 0 Å². The lowest BCUT2D eigenvalue weighted by Gasteiger charge is -2.11. The predicted molar refractivity (Wildman–Crippen MR) is 58.9 cm³/mol. The van der Waals surface area contributed by atoms with Gasteiger partial charge in [0.15, 0.2) is 6.10 Å². The Kier molecular flexibility index (Phi) is 5.16. The van der Waals surface area contributed by atoms with Gasteiger partial charge in [0.1, 0.15) is 13.2 Å². The molecule has 5 heteroatoms. The minimum absolute atomic E-state index is 0.126. The highest BCUT2D eigenvalue weighted by Crippen LogP contribution is 2.03. The summed E-state index contributed by atoms with van der Waals surface area (Å²) in [6.07, 6.45) is -1.02. The molecule has 0 aliphatic carbocycles. The Morgan fingerprint density at radius 3 is 2.53 bits per heavy atom. The van der Waals surface area contributed by atoms with E-state index in [-0.39, 0.29) is 6.61 Å². The molecule has 17 heavy (non-hydrogen) atoms. The molecule has 0 unspecified atom stereocenters. The van der Waals surface area contributed by atoms with Crippen LogP contribution >= 0.6 is 0 Å². The third-order valence-corrected chi connectivity index (χ3v) is 1.99. The second-order valence-electron chi connectivity index (χ2n) is 3.38. The van der Waals surface area contributed by atoms with E-state index in [4.69, 9.17) is 9.84 Å². The molecule has 0 aromatic heterocycles. The van der Waals surface area contributed by atoms with Gasteiger partial charge in [0.25, 0.3) is 0 Å². The molecule has 0 amide bonds. The average Bonchev–Trinajstić information content (AvgIpc) is 2.36. The molecule has 0 saturated carbocycles. The van der Waals surface area contributed by atoms with Crippen molar-refractivity contribution in [3.63, 3.8) is 0 Å².